The quantitative estimate of drug-likeness (QED) is 0.883. The van der Waals surface area contributed by atoms with Gasteiger partial charge in [-0.3, -0.25) is 0 Å². The third-order valence-corrected chi connectivity index (χ3v) is 3.26. The zero-order valence-corrected chi connectivity index (χ0v) is 12.2. The van der Waals surface area contributed by atoms with E-state index in [1.165, 1.54) is 17.7 Å². The summed E-state index contributed by atoms with van der Waals surface area (Å²) in [7, 11) is 0. The van der Waals surface area contributed by atoms with Crippen LogP contribution in [-0.2, 0) is 0 Å². The monoisotopic (exact) mass is 288 g/mol. The summed E-state index contributed by atoms with van der Waals surface area (Å²) in [5, 5.41) is 9.09. The van der Waals surface area contributed by atoms with E-state index < -0.39 is 11.8 Å². The van der Waals surface area contributed by atoms with Crippen molar-refractivity contribution in [3.63, 3.8) is 0 Å². The highest BCUT2D eigenvalue weighted by Crippen LogP contribution is 2.29. The average Bonchev–Trinajstić information content (AvgIpc) is 2.40. The lowest BCUT2D eigenvalue weighted by Crippen LogP contribution is -2.01. The molecule has 4 heteroatoms. The van der Waals surface area contributed by atoms with Crippen LogP contribution in [0.15, 0.2) is 36.4 Å². The maximum atomic E-state index is 13.1. The van der Waals surface area contributed by atoms with Gasteiger partial charge in [-0.1, -0.05) is 19.9 Å². The number of aryl methyl sites for hydroxylation is 1. The second-order valence-corrected chi connectivity index (χ2v) is 5.22. The van der Waals surface area contributed by atoms with Crippen LogP contribution in [0.2, 0.25) is 0 Å². The van der Waals surface area contributed by atoms with Gasteiger partial charge in [-0.15, -0.1) is 0 Å². The van der Waals surface area contributed by atoms with E-state index in [0.29, 0.717) is 11.7 Å². The zero-order valence-electron chi connectivity index (χ0n) is 12.2. The number of carboxylic acids is 1. The maximum Gasteiger partial charge on any atom is 0.339 e. The van der Waals surface area contributed by atoms with Crippen molar-refractivity contribution in [2.24, 2.45) is 0 Å². The first kappa shape index (κ1) is 15.0. The summed E-state index contributed by atoms with van der Waals surface area (Å²) in [4.78, 5) is 11.1. The minimum atomic E-state index is -1.22. The number of aromatic carboxylic acids is 1. The van der Waals surface area contributed by atoms with Crippen molar-refractivity contribution in [1.82, 2.24) is 0 Å². The van der Waals surface area contributed by atoms with Gasteiger partial charge in [0, 0.05) is 0 Å². The first-order valence-corrected chi connectivity index (χ1v) is 6.69. The molecule has 2 rings (SSSR count). The first-order chi connectivity index (χ1) is 9.88. The SMILES string of the molecule is Cc1cc(Oc2ccc(F)cc2C(=O)O)ccc1C(C)C. The van der Waals surface area contributed by atoms with Gasteiger partial charge in [0.15, 0.2) is 0 Å². The summed E-state index contributed by atoms with van der Waals surface area (Å²) in [6, 6.07) is 9.05. The minimum Gasteiger partial charge on any atom is -0.478 e. The van der Waals surface area contributed by atoms with Crippen molar-refractivity contribution in [2.45, 2.75) is 26.7 Å². The van der Waals surface area contributed by atoms with Crippen molar-refractivity contribution < 1.29 is 19.0 Å². The minimum absolute atomic E-state index is 0.126. The van der Waals surface area contributed by atoms with Crippen LogP contribution in [0.25, 0.3) is 0 Å². The van der Waals surface area contributed by atoms with Crippen LogP contribution in [0.3, 0.4) is 0 Å². The average molecular weight is 288 g/mol. The number of benzene rings is 2. The topological polar surface area (TPSA) is 46.5 Å². The van der Waals surface area contributed by atoms with E-state index in [2.05, 4.69) is 13.8 Å². The fourth-order valence-corrected chi connectivity index (χ4v) is 2.24. The maximum absolute atomic E-state index is 13.1. The molecule has 0 saturated heterocycles. The third kappa shape index (κ3) is 3.40. The zero-order chi connectivity index (χ0) is 15.6. The standard InChI is InChI=1S/C17H17FO3/c1-10(2)14-6-5-13(8-11(14)3)21-16-7-4-12(18)9-15(16)17(19)20/h4-10H,1-3H3,(H,19,20). The molecule has 0 saturated carbocycles. The van der Waals surface area contributed by atoms with Gasteiger partial charge in [0.1, 0.15) is 22.9 Å². The van der Waals surface area contributed by atoms with Crippen LogP contribution < -0.4 is 4.74 Å². The van der Waals surface area contributed by atoms with Crippen LogP contribution in [0.1, 0.15) is 41.3 Å². The van der Waals surface area contributed by atoms with E-state index in [9.17, 15) is 9.18 Å². The number of rotatable bonds is 4. The van der Waals surface area contributed by atoms with Crippen LogP contribution >= 0.6 is 0 Å². The summed E-state index contributed by atoms with van der Waals surface area (Å²) < 4.78 is 18.7. The van der Waals surface area contributed by atoms with Crippen molar-refractivity contribution >= 4 is 5.97 Å². The molecule has 0 atom stereocenters. The lowest BCUT2D eigenvalue weighted by atomic mass is 9.98. The van der Waals surface area contributed by atoms with Gasteiger partial charge in [-0.2, -0.15) is 0 Å². The summed E-state index contributed by atoms with van der Waals surface area (Å²) in [6.45, 7) is 6.18. The number of halogens is 1. The Labute approximate surface area is 123 Å². The molecule has 0 aliphatic heterocycles. The van der Waals surface area contributed by atoms with Crippen LogP contribution in [0.4, 0.5) is 4.39 Å². The van der Waals surface area contributed by atoms with E-state index in [4.69, 9.17) is 9.84 Å². The molecule has 3 nitrogen and oxygen atoms in total. The van der Waals surface area contributed by atoms with Gasteiger partial charge in [-0.05, 0) is 54.3 Å². The van der Waals surface area contributed by atoms with Crippen LogP contribution in [0, 0.1) is 12.7 Å². The molecule has 0 spiro atoms. The highest BCUT2D eigenvalue weighted by atomic mass is 19.1. The molecule has 0 unspecified atom stereocenters. The van der Waals surface area contributed by atoms with Crippen molar-refractivity contribution in [3.8, 4) is 11.5 Å². The Kier molecular flexibility index (Phi) is 4.26. The fourth-order valence-electron chi connectivity index (χ4n) is 2.24. The molecule has 21 heavy (non-hydrogen) atoms. The molecule has 0 fully saturated rings. The number of hydrogen-bond donors (Lipinski definition) is 1. The van der Waals surface area contributed by atoms with E-state index in [0.717, 1.165) is 11.6 Å². The predicted molar refractivity (Wildman–Crippen MR) is 78.7 cm³/mol. The lowest BCUT2D eigenvalue weighted by molar-refractivity contribution is 0.0693. The van der Waals surface area contributed by atoms with Gasteiger partial charge < -0.3 is 9.84 Å². The molecule has 2 aromatic rings. The van der Waals surface area contributed by atoms with Gasteiger partial charge >= 0.3 is 5.97 Å². The Morgan fingerprint density at radius 2 is 1.90 bits per heavy atom. The van der Waals surface area contributed by atoms with Gasteiger partial charge in [0.25, 0.3) is 0 Å². The van der Waals surface area contributed by atoms with E-state index in [1.807, 2.05) is 19.1 Å². The predicted octanol–water partition coefficient (Wildman–Crippen LogP) is 4.75. The largest absolute Gasteiger partial charge is 0.478 e. The normalized spacial score (nSPS) is 10.7. The van der Waals surface area contributed by atoms with E-state index in [-0.39, 0.29) is 11.3 Å². The molecule has 0 aromatic heterocycles. The molecule has 0 aliphatic rings. The molecular formula is C17H17FO3. The smallest absolute Gasteiger partial charge is 0.339 e. The van der Waals surface area contributed by atoms with E-state index in [1.54, 1.807) is 6.07 Å². The Morgan fingerprint density at radius 1 is 1.19 bits per heavy atom. The first-order valence-electron chi connectivity index (χ1n) is 6.69. The summed E-state index contributed by atoms with van der Waals surface area (Å²) in [5.74, 6) is -0.767. The molecule has 110 valence electrons. The molecule has 0 aliphatic carbocycles. The molecular weight excluding hydrogens is 271 g/mol. The van der Waals surface area contributed by atoms with Gasteiger partial charge in [0.2, 0.25) is 0 Å². The molecule has 1 N–H and O–H groups in total. The van der Waals surface area contributed by atoms with Gasteiger partial charge in [0.05, 0.1) is 0 Å². The van der Waals surface area contributed by atoms with Crippen LogP contribution in [0.5, 0.6) is 11.5 Å². The lowest BCUT2D eigenvalue weighted by Gasteiger charge is -2.13. The number of carbonyl (C=O) groups is 1. The van der Waals surface area contributed by atoms with Crippen molar-refractivity contribution in [1.29, 1.82) is 0 Å². The van der Waals surface area contributed by atoms with E-state index >= 15 is 0 Å². The molecule has 0 heterocycles. The summed E-state index contributed by atoms with van der Waals surface area (Å²) in [5.41, 5.74) is 2.09. The fraction of sp³-hybridized carbons (Fsp3) is 0.235. The second-order valence-electron chi connectivity index (χ2n) is 5.22. The molecule has 0 radical (unpaired) electrons. The summed E-state index contributed by atoms with van der Waals surface area (Å²) in [6.07, 6.45) is 0. The molecule has 0 amide bonds. The molecule has 0 bridgehead atoms. The third-order valence-electron chi connectivity index (χ3n) is 3.26. The Hall–Kier alpha value is -2.36. The van der Waals surface area contributed by atoms with Crippen LogP contribution in [-0.4, -0.2) is 11.1 Å². The highest BCUT2D eigenvalue weighted by Gasteiger charge is 2.14. The van der Waals surface area contributed by atoms with Crippen molar-refractivity contribution in [2.75, 3.05) is 0 Å². The molecule has 2 aromatic carbocycles. The number of carboxylic acid groups (broad SMARTS) is 1. The Bertz CT molecular complexity index is 678. The van der Waals surface area contributed by atoms with Crippen molar-refractivity contribution in [3.05, 3.63) is 58.9 Å². The summed E-state index contributed by atoms with van der Waals surface area (Å²) >= 11 is 0. The second kappa shape index (κ2) is 5.95. The van der Waals surface area contributed by atoms with Gasteiger partial charge in [-0.25, -0.2) is 9.18 Å². The highest BCUT2D eigenvalue weighted by molar-refractivity contribution is 5.91. The Morgan fingerprint density at radius 3 is 2.48 bits per heavy atom. The number of hydrogen-bond acceptors (Lipinski definition) is 2. The number of ether oxygens (including phenoxy) is 1. The Balaban J connectivity index is 2.35.